The number of hydrogen-bond donors (Lipinski definition) is 2. The highest BCUT2D eigenvalue weighted by Gasteiger charge is 2.15. The summed E-state index contributed by atoms with van der Waals surface area (Å²) in [5.74, 6) is 2.28. The second kappa shape index (κ2) is 11.8. The fourth-order valence-corrected chi connectivity index (χ4v) is 2.92. The van der Waals surface area contributed by atoms with E-state index in [0.717, 1.165) is 57.5 Å². The number of benzene rings is 1. The van der Waals surface area contributed by atoms with Crippen molar-refractivity contribution >= 4 is 5.96 Å². The van der Waals surface area contributed by atoms with E-state index in [1.807, 2.05) is 0 Å². The summed E-state index contributed by atoms with van der Waals surface area (Å²) in [7, 11) is 1.77. The molecule has 146 valence electrons. The third-order valence-electron chi connectivity index (χ3n) is 4.22. The van der Waals surface area contributed by atoms with Gasteiger partial charge in [-0.1, -0.05) is 6.07 Å². The van der Waals surface area contributed by atoms with E-state index in [9.17, 15) is 0 Å². The lowest BCUT2D eigenvalue weighted by atomic mass is 10.1. The molecule has 6 nitrogen and oxygen atoms in total. The molecule has 1 aliphatic heterocycles. The smallest absolute Gasteiger partial charge is 0.191 e. The Bertz CT molecular complexity index is 537. The zero-order valence-corrected chi connectivity index (χ0v) is 16.3. The van der Waals surface area contributed by atoms with Gasteiger partial charge in [-0.2, -0.15) is 0 Å². The van der Waals surface area contributed by atoms with Crippen LogP contribution >= 0.6 is 0 Å². The van der Waals surface area contributed by atoms with Crippen LogP contribution in [0.1, 0.15) is 24.0 Å². The van der Waals surface area contributed by atoms with E-state index in [2.05, 4.69) is 47.7 Å². The molecule has 0 radical (unpaired) electrons. The van der Waals surface area contributed by atoms with Gasteiger partial charge in [-0.25, -0.2) is 0 Å². The Labute approximate surface area is 157 Å². The SMILES string of the molecule is CN=C(NCCCOCC1CCOC1)NCCOc1cc(C)cc(C)c1. The maximum Gasteiger partial charge on any atom is 0.191 e. The number of nitrogens with zero attached hydrogens (tertiary/aromatic N) is 1. The summed E-state index contributed by atoms with van der Waals surface area (Å²) in [5, 5.41) is 6.55. The lowest BCUT2D eigenvalue weighted by Crippen LogP contribution is -2.39. The number of rotatable bonds is 10. The molecular formula is C20H33N3O3. The maximum atomic E-state index is 5.79. The van der Waals surface area contributed by atoms with Crippen LogP contribution < -0.4 is 15.4 Å². The van der Waals surface area contributed by atoms with Gasteiger partial charge in [0.25, 0.3) is 0 Å². The molecule has 1 aliphatic rings. The van der Waals surface area contributed by atoms with Crippen LogP contribution in [0, 0.1) is 19.8 Å². The fraction of sp³-hybridized carbons (Fsp3) is 0.650. The molecule has 1 aromatic rings. The summed E-state index contributed by atoms with van der Waals surface area (Å²) in [4.78, 5) is 4.22. The molecular weight excluding hydrogens is 330 g/mol. The first-order chi connectivity index (χ1) is 12.7. The fourth-order valence-electron chi connectivity index (χ4n) is 2.92. The summed E-state index contributed by atoms with van der Waals surface area (Å²) in [6.07, 6.45) is 2.08. The van der Waals surface area contributed by atoms with Crippen molar-refractivity contribution in [3.63, 3.8) is 0 Å². The van der Waals surface area contributed by atoms with Crippen LogP contribution in [-0.4, -0.2) is 59.1 Å². The third-order valence-corrected chi connectivity index (χ3v) is 4.22. The van der Waals surface area contributed by atoms with Crippen molar-refractivity contribution in [2.45, 2.75) is 26.7 Å². The predicted octanol–water partition coefficient (Wildman–Crippen LogP) is 2.29. The average Bonchev–Trinajstić information content (AvgIpc) is 3.12. The third kappa shape index (κ3) is 8.06. The van der Waals surface area contributed by atoms with Gasteiger partial charge in [-0.05, 0) is 49.9 Å². The van der Waals surface area contributed by atoms with Crippen LogP contribution in [0.4, 0.5) is 0 Å². The Kier molecular flexibility index (Phi) is 9.28. The molecule has 0 saturated carbocycles. The zero-order chi connectivity index (χ0) is 18.6. The minimum atomic E-state index is 0.578. The van der Waals surface area contributed by atoms with Crippen molar-refractivity contribution in [3.8, 4) is 5.75 Å². The largest absolute Gasteiger partial charge is 0.492 e. The number of ether oxygens (including phenoxy) is 3. The van der Waals surface area contributed by atoms with Crippen molar-refractivity contribution in [2.24, 2.45) is 10.9 Å². The molecule has 26 heavy (non-hydrogen) atoms. The van der Waals surface area contributed by atoms with E-state index in [1.165, 1.54) is 11.1 Å². The van der Waals surface area contributed by atoms with E-state index in [0.29, 0.717) is 19.1 Å². The molecule has 2 N–H and O–H groups in total. The summed E-state index contributed by atoms with van der Waals surface area (Å²) in [5.41, 5.74) is 2.43. The first-order valence-electron chi connectivity index (χ1n) is 9.48. The number of aliphatic imine (C=N–C) groups is 1. The number of guanidine groups is 1. The molecule has 1 aromatic carbocycles. The minimum absolute atomic E-state index is 0.578. The van der Waals surface area contributed by atoms with Crippen LogP contribution in [0.2, 0.25) is 0 Å². The van der Waals surface area contributed by atoms with Crippen molar-refractivity contribution in [2.75, 3.05) is 53.2 Å². The summed E-state index contributed by atoms with van der Waals surface area (Å²) < 4.78 is 16.8. The van der Waals surface area contributed by atoms with Gasteiger partial charge >= 0.3 is 0 Å². The Balaban J connectivity index is 1.50. The van der Waals surface area contributed by atoms with Crippen LogP contribution in [0.15, 0.2) is 23.2 Å². The molecule has 1 unspecified atom stereocenters. The van der Waals surface area contributed by atoms with E-state index in [1.54, 1.807) is 7.05 Å². The highest BCUT2D eigenvalue weighted by Crippen LogP contribution is 2.15. The standard InChI is InChI=1S/C20H33N3O3/c1-16-11-17(2)13-19(12-16)26-10-7-23-20(21-3)22-6-4-8-24-14-18-5-9-25-15-18/h11-13,18H,4-10,14-15H2,1-3H3,(H2,21,22,23). The number of hydrogen-bond acceptors (Lipinski definition) is 4. The first kappa shape index (κ1) is 20.5. The van der Waals surface area contributed by atoms with Gasteiger partial charge in [-0.15, -0.1) is 0 Å². The Morgan fingerprint density at radius 3 is 2.62 bits per heavy atom. The van der Waals surface area contributed by atoms with Crippen molar-refractivity contribution < 1.29 is 14.2 Å². The first-order valence-corrected chi connectivity index (χ1v) is 9.48. The normalized spacial score (nSPS) is 17.3. The summed E-state index contributed by atoms with van der Waals surface area (Å²) >= 11 is 0. The van der Waals surface area contributed by atoms with Gasteiger partial charge in [0.2, 0.25) is 0 Å². The van der Waals surface area contributed by atoms with E-state index >= 15 is 0 Å². The molecule has 0 spiro atoms. The zero-order valence-electron chi connectivity index (χ0n) is 16.3. The Morgan fingerprint density at radius 1 is 1.15 bits per heavy atom. The van der Waals surface area contributed by atoms with Gasteiger partial charge in [0.1, 0.15) is 12.4 Å². The molecule has 0 aliphatic carbocycles. The Morgan fingerprint density at radius 2 is 1.92 bits per heavy atom. The second-order valence-corrected chi connectivity index (χ2v) is 6.76. The van der Waals surface area contributed by atoms with Crippen molar-refractivity contribution in [3.05, 3.63) is 29.3 Å². The molecule has 2 rings (SSSR count). The summed E-state index contributed by atoms with van der Waals surface area (Å²) in [6, 6.07) is 6.25. The van der Waals surface area contributed by atoms with Crippen molar-refractivity contribution in [1.82, 2.24) is 10.6 Å². The molecule has 1 atom stereocenters. The van der Waals surface area contributed by atoms with E-state index < -0.39 is 0 Å². The molecule has 0 bridgehead atoms. The minimum Gasteiger partial charge on any atom is -0.492 e. The van der Waals surface area contributed by atoms with Gasteiger partial charge in [-0.3, -0.25) is 4.99 Å². The molecule has 1 fully saturated rings. The highest BCUT2D eigenvalue weighted by atomic mass is 16.5. The lowest BCUT2D eigenvalue weighted by molar-refractivity contribution is 0.0888. The monoisotopic (exact) mass is 363 g/mol. The average molecular weight is 364 g/mol. The van der Waals surface area contributed by atoms with E-state index in [-0.39, 0.29) is 0 Å². The molecule has 1 heterocycles. The lowest BCUT2D eigenvalue weighted by Gasteiger charge is -2.13. The Hall–Kier alpha value is -1.79. The van der Waals surface area contributed by atoms with E-state index in [4.69, 9.17) is 14.2 Å². The second-order valence-electron chi connectivity index (χ2n) is 6.76. The molecule has 1 saturated heterocycles. The maximum absolute atomic E-state index is 5.79. The van der Waals surface area contributed by atoms with Gasteiger partial charge in [0.05, 0.1) is 19.8 Å². The quantitative estimate of drug-likeness (QED) is 0.379. The predicted molar refractivity (Wildman–Crippen MR) is 105 cm³/mol. The number of nitrogens with one attached hydrogen (secondary N) is 2. The van der Waals surface area contributed by atoms with Gasteiger partial charge < -0.3 is 24.8 Å². The van der Waals surface area contributed by atoms with Gasteiger partial charge in [0, 0.05) is 32.7 Å². The van der Waals surface area contributed by atoms with Crippen LogP contribution in [0.5, 0.6) is 5.75 Å². The summed E-state index contributed by atoms with van der Waals surface area (Å²) in [6.45, 7) is 9.58. The highest BCUT2D eigenvalue weighted by molar-refractivity contribution is 5.79. The molecule has 0 aromatic heterocycles. The van der Waals surface area contributed by atoms with Crippen LogP contribution in [0.25, 0.3) is 0 Å². The van der Waals surface area contributed by atoms with Crippen LogP contribution in [0.3, 0.4) is 0 Å². The van der Waals surface area contributed by atoms with Gasteiger partial charge in [0.15, 0.2) is 5.96 Å². The topological polar surface area (TPSA) is 64.1 Å². The van der Waals surface area contributed by atoms with Crippen LogP contribution in [-0.2, 0) is 9.47 Å². The van der Waals surface area contributed by atoms with Crippen molar-refractivity contribution in [1.29, 1.82) is 0 Å². The molecule has 6 heteroatoms. The molecule has 0 amide bonds. The number of aryl methyl sites for hydroxylation is 2.